The van der Waals surface area contributed by atoms with E-state index in [0.29, 0.717) is 11.3 Å². The summed E-state index contributed by atoms with van der Waals surface area (Å²) in [5.74, 6) is -2.82. The van der Waals surface area contributed by atoms with Crippen molar-refractivity contribution < 1.29 is 19.8 Å². The minimum atomic E-state index is -1.08. The third-order valence-electron chi connectivity index (χ3n) is 2.61. The van der Waals surface area contributed by atoms with E-state index in [4.69, 9.17) is 15.5 Å². The van der Waals surface area contributed by atoms with Crippen molar-refractivity contribution in [1.82, 2.24) is 0 Å². The van der Waals surface area contributed by atoms with Crippen molar-refractivity contribution in [2.75, 3.05) is 18.0 Å². The summed E-state index contributed by atoms with van der Waals surface area (Å²) in [6.07, 6.45) is 0. The average Bonchev–Trinajstić information content (AvgIpc) is 2.37. The van der Waals surface area contributed by atoms with Crippen LogP contribution in [0.2, 0.25) is 0 Å². The number of anilines is 1. The Labute approximate surface area is 110 Å². The fourth-order valence-corrected chi connectivity index (χ4v) is 1.66. The fraction of sp³-hybridized carbons (Fsp3) is 0.308. The van der Waals surface area contributed by atoms with Crippen LogP contribution >= 0.6 is 0 Å². The molecule has 6 heteroatoms. The molecule has 1 atom stereocenters. The summed E-state index contributed by atoms with van der Waals surface area (Å²) in [6, 6.07) is 8.49. The quantitative estimate of drug-likeness (QED) is 0.797. The minimum absolute atomic E-state index is 0.0281. The van der Waals surface area contributed by atoms with Gasteiger partial charge in [0.1, 0.15) is 12.6 Å². The summed E-state index contributed by atoms with van der Waals surface area (Å²) in [5, 5.41) is 26.8. The summed E-state index contributed by atoms with van der Waals surface area (Å²) >= 11 is 0. The Bertz CT molecular complexity index is 522. The van der Waals surface area contributed by atoms with Crippen LogP contribution < -0.4 is 4.90 Å². The first-order chi connectivity index (χ1) is 8.95. The van der Waals surface area contributed by atoms with Crippen molar-refractivity contribution in [3.8, 4) is 6.07 Å². The van der Waals surface area contributed by atoms with Crippen molar-refractivity contribution in [3.63, 3.8) is 0 Å². The molecule has 0 heterocycles. The van der Waals surface area contributed by atoms with Crippen molar-refractivity contribution in [1.29, 1.82) is 5.26 Å². The maximum absolute atomic E-state index is 10.9. The molecule has 0 saturated heterocycles. The number of nitrogens with zero attached hydrogens (tertiary/aromatic N) is 2. The number of carboxylic acids is 2. The largest absolute Gasteiger partial charge is 0.481 e. The van der Waals surface area contributed by atoms with Gasteiger partial charge >= 0.3 is 11.9 Å². The molecule has 0 saturated carbocycles. The van der Waals surface area contributed by atoms with Crippen LogP contribution in [-0.2, 0) is 9.59 Å². The molecule has 1 rings (SSSR count). The molecule has 1 aromatic rings. The van der Waals surface area contributed by atoms with Crippen LogP contribution in [0.1, 0.15) is 12.5 Å². The van der Waals surface area contributed by atoms with E-state index in [0.717, 1.165) is 0 Å². The van der Waals surface area contributed by atoms with Gasteiger partial charge in [-0.3, -0.25) is 9.59 Å². The smallest absolute Gasteiger partial charge is 0.323 e. The lowest BCUT2D eigenvalue weighted by Crippen LogP contribution is -2.36. The van der Waals surface area contributed by atoms with Crippen LogP contribution in [0.4, 0.5) is 5.69 Å². The normalized spacial score (nSPS) is 11.4. The molecule has 19 heavy (non-hydrogen) atoms. The Balaban J connectivity index is 3.06. The predicted molar refractivity (Wildman–Crippen MR) is 67.8 cm³/mol. The van der Waals surface area contributed by atoms with Gasteiger partial charge in [0.05, 0.1) is 17.2 Å². The van der Waals surface area contributed by atoms with Crippen LogP contribution in [0.15, 0.2) is 24.3 Å². The van der Waals surface area contributed by atoms with E-state index in [9.17, 15) is 9.59 Å². The molecule has 100 valence electrons. The number of carboxylic acid groups (broad SMARTS) is 2. The zero-order valence-corrected chi connectivity index (χ0v) is 10.4. The molecule has 0 amide bonds. The van der Waals surface area contributed by atoms with Crippen LogP contribution in [0.25, 0.3) is 0 Å². The highest BCUT2D eigenvalue weighted by Gasteiger charge is 2.20. The number of rotatable bonds is 6. The molecule has 0 fully saturated rings. The number of para-hydroxylation sites is 1. The van der Waals surface area contributed by atoms with Crippen LogP contribution in [0, 0.1) is 17.2 Å². The number of nitriles is 1. The number of hydrogen-bond donors (Lipinski definition) is 2. The Morgan fingerprint density at radius 3 is 2.53 bits per heavy atom. The van der Waals surface area contributed by atoms with E-state index < -0.39 is 17.9 Å². The van der Waals surface area contributed by atoms with E-state index in [1.165, 1.54) is 11.8 Å². The molecule has 0 aliphatic carbocycles. The van der Waals surface area contributed by atoms with Crippen LogP contribution in [-0.4, -0.2) is 35.2 Å². The zero-order chi connectivity index (χ0) is 14.4. The van der Waals surface area contributed by atoms with Gasteiger partial charge in [-0.1, -0.05) is 19.1 Å². The van der Waals surface area contributed by atoms with Crippen LogP contribution in [0.3, 0.4) is 0 Å². The summed E-state index contributed by atoms with van der Waals surface area (Å²) < 4.78 is 0. The van der Waals surface area contributed by atoms with E-state index in [2.05, 4.69) is 0 Å². The Morgan fingerprint density at radius 1 is 1.37 bits per heavy atom. The maximum Gasteiger partial charge on any atom is 0.323 e. The van der Waals surface area contributed by atoms with Crippen molar-refractivity contribution in [3.05, 3.63) is 29.8 Å². The highest BCUT2D eigenvalue weighted by atomic mass is 16.4. The molecule has 2 N–H and O–H groups in total. The van der Waals surface area contributed by atoms with Crippen LogP contribution in [0.5, 0.6) is 0 Å². The fourth-order valence-electron chi connectivity index (χ4n) is 1.66. The summed E-state index contributed by atoms with van der Waals surface area (Å²) in [4.78, 5) is 23.1. The molecule has 0 aromatic heterocycles. The summed E-state index contributed by atoms with van der Waals surface area (Å²) in [6.45, 7) is 1.17. The van der Waals surface area contributed by atoms with Gasteiger partial charge in [0.2, 0.25) is 0 Å². The molecule has 0 aliphatic heterocycles. The Kier molecular flexibility index (Phi) is 4.89. The van der Waals surface area contributed by atoms with E-state index >= 15 is 0 Å². The Hall–Kier alpha value is -2.55. The van der Waals surface area contributed by atoms with Gasteiger partial charge in [0.25, 0.3) is 0 Å². The Morgan fingerprint density at radius 2 is 2.00 bits per heavy atom. The number of hydrogen-bond acceptors (Lipinski definition) is 4. The lowest BCUT2D eigenvalue weighted by Gasteiger charge is -2.25. The lowest BCUT2D eigenvalue weighted by atomic mass is 10.1. The second-order valence-electron chi connectivity index (χ2n) is 4.14. The number of benzene rings is 1. The van der Waals surface area contributed by atoms with Gasteiger partial charge in [-0.2, -0.15) is 5.26 Å². The van der Waals surface area contributed by atoms with Crippen molar-refractivity contribution in [2.24, 2.45) is 5.92 Å². The highest BCUT2D eigenvalue weighted by molar-refractivity contribution is 5.76. The average molecular weight is 262 g/mol. The molecular formula is C13H14N2O4. The summed E-state index contributed by atoms with van der Waals surface area (Å²) in [5.41, 5.74) is 0.752. The van der Waals surface area contributed by atoms with E-state index in [-0.39, 0.29) is 13.1 Å². The van der Waals surface area contributed by atoms with Gasteiger partial charge in [0.15, 0.2) is 0 Å². The van der Waals surface area contributed by atoms with Crippen molar-refractivity contribution >= 4 is 17.6 Å². The molecule has 1 unspecified atom stereocenters. The van der Waals surface area contributed by atoms with E-state index in [1.54, 1.807) is 24.3 Å². The zero-order valence-electron chi connectivity index (χ0n) is 10.4. The van der Waals surface area contributed by atoms with Crippen molar-refractivity contribution in [2.45, 2.75) is 6.92 Å². The number of aliphatic carboxylic acids is 2. The minimum Gasteiger partial charge on any atom is -0.481 e. The topological polar surface area (TPSA) is 102 Å². The molecule has 1 aromatic carbocycles. The van der Waals surface area contributed by atoms with E-state index in [1.807, 2.05) is 6.07 Å². The summed E-state index contributed by atoms with van der Waals surface area (Å²) in [7, 11) is 0. The molecule has 0 spiro atoms. The predicted octanol–water partition coefficient (Wildman–Crippen LogP) is 1.17. The van der Waals surface area contributed by atoms with Gasteiger partial charge < -0.3 is 15.1 Å². The molecule has 6 nitrogen and oxygen atoms in total. The SMILES string of the molecule is CC(CN(CC(=O)O)c1ccccc1C#N)C(=O)O. The van der Waals surface area contributed by atoms with Gasteiger partial charge in [-0.25, -0.2) is 0 Å². The second kappa shape index (κ2) is 6.40. The first-order valence-electron chi connectivity index (χ1n) is 5.64. The molecule has 0 aliphatic rings. The molecular weight excluding hydrogens is 248 g/mol. The maximum atomic E-state index is 10.9. The molecule has 0 radical (unpaired) electrons. The standard InChI is InChI=1S/C13H14N2O4/c1-9(13(18)19)7-15(8-12(16)17)11-5-3-2-4-10(11)6-14/h2-5,9H,7-8H2,1H3,(H,16,17)(H,18,19). The second-order valence-corrected chi connectivity index (χ2v) is 4.14. The van der Waals surface area contributed by atoms with Gasteiger partial charge in [-0.15, -0.1) is 0 Å². The van der Waals surface area contributed by atoms with Gasteiger partial charge in [0, 0.05) is 6.54 Å². The third-order valence-corrected chi connectivity index (χ3v) is 2.61. The van der Waals surface area contributed by atoms with Gasteiger partial charge in [-0.05, 0) is 12.1 Å². The highest BCUT2D eigenvalue weighted by Crippen LogP contribution is 2.20. The third kappa shape index (κ3) is 4.00. The lowest BCUT2D eigenvalue weighted by molar-refractivity contribution is -0.141. The number of carbonyl (C=O) groups is 2. The monoisotopic (exact) mass is 262 g/mol. The first kappa shape index (κ1) is 14.5. The molecule has 0 bridgehead atoms. The first-order valence-corrected chi connectivity index (χ1v) is 5.64.